The van der Waals surface area contributed by atoms with Gasteiger partial charge in [0.2, 0.25) is 0 Å². The highest BCUT2D eigenvalue weighted by Gasteiger charge is 2.24. The molecule has 1 saturated carbocycles. The molecule has 0 spiro atoms. The van der Waals surface area contributed by atoms with E-state index in [4.69, 9.17) is 11.6 Å². The van der Waals surface area contributed by atoms with Crippen molar-refractivity contribution in [3.8, 4) is 0 Å². The Kier molecular flexibility index (Phi) is 2.71. The van der Waals surface area contributed by atoms with Crippen molar-refractivity contribution in [3.05, 3.63) is 40.5 Å². The maximum absolute atomic E-state index is 12.2. The van der Waals surface area contributed by atoms with Crippen molar-refractivity contribution >= 4 is 28.4 Å². The molecule has 1 N–H and O–H groups in total. The maximum atomic E-state index is 12.2. The van der Waals surface area contributed by atoms with E-state index in [0.29, 0.717) is 22.1 Å². The number of nitrogens with zero attached hydrogens (tertiary/aromatic N) is 1. The molecule has 0 radical (unpaired) electrons. The Labute approximate surface area is 110 Å². The van der Waals surface area contributed by atoms with Gasteiger partial charge in [-0.2, -0.15) is 0 Å². The van der Waals surface area contributed by atoms with Gasteiger partial charge >= 0.3 is 0 Å². The first-order valence-corrected chi connectivity index (χ1v) is 6.39. The quantitative estimate of drug-likeness (QED) is 0.902. The number of fused-ring (bicyclic) bond motifs is 1. The van der Waals surface area contributed by atoms with Crippen molar-refractivity contribution in [2.75, 3.05) is 0 Å². The van der Waals surface area contributed by atoms with E-state index in [1.54, 1.807) is 6.07 Å². The molecule has 1 heterocycles. The lowest BCUT2D eigenvalue weighted by atomic mass is 10.1. The molecule has 1 aliphatic rings. The molecule has 1 amide bonds. The second-order valence-electron chi connectivity index (χ2n) is 4.69. The summed E-state index contributed by atoms with van der Waals surface area (Å²) in [7, 11) is 0. The van der Waals surface area contributed by atoms with Gasteiger partial charge in [0.15, 0.2) is 0 Å². The third-order valence-electron chi connectivity index (χ3n) is 3.08. The predicted octanol–water partition coefficient (Wildman–Crippen LogP) is 3.09. The summed E-state index contributed by atoms with van der Waals surface area (Å²) in [6.07, 6.45) is 2.16. The van der Waals surface area contributed by atoms with Gasteiger partial charge in [0.25, 0.3) is 5.91 Å². The Morgan fingerprint density at radius 2 is 2.22 bits per heavy atom. The normalized spacial score (nSPS) is 14.8. The van der Waals surface area contributed by atoms with Crippen LogP contribution in [0.5, 0.6) is 0 Å². The molecule has 0 aliphatic heterocycles. The highest BCUT2D eigenvalue weighted by Crippen LogP contribution is 2.26. The molecular formula is C14H13ClN2O. The summed E-state index contributed by atoms with van der Waals surface area (Å²) in [5.74, 6) is -0.0322. The zero-order valence-electron chi connectivity index (χ0n) is 10.0. The lowest BCUT2D eigenvalue weighted by molar-refractivity contribution is 0.0952. The standard InChI is InChI=1S/C14H13ClN2O/c1-8-7-11(14(18)17-9-5-6-9)10-3-2-4-12(15)13(10)16-8/h2-4,7,9H,5-6H2,1H3,(H,17,18). The van der Waals surface area contributed by atoms with Crippen LogP contribution in [0.15, 0.2) is 24.3 Å². The molecule has 18 heavy (non-hydrogen) atoms. The van der Waals surface area contributed by atoms with Crippen molar-refractivity contribution in [3.63, 3.8) is 0 Å². The van der Waals surface area contributed by atoms with Gasteiger partial charge in [-0.3, -0.25) is 9.78 Å². The fraction of sp³-hybridized carbons (Fsp3) is 0.286. The summed E-state index contributed by atoms with van der Waals surface area (Å²) < 4.78 is 0. The van der Waals surface area contributed by atoms with E-state index in [1.807, 2.05) is 25.1 Å². The topological polar surface area (TPSA) is 42.0 Å². The summed E-state index contributed by atoms with van der Waals surface area (Å²) in [6.45, 7) is 1.87. The number of para-hydroxylation sites is 1. The van der Waals surface area contributed by atoms with Gasteiger partial charge in [-0.25, -0.2) is 0 Å². The number of aromatic nitrogens is 1. The van der Waals surface area contributed by atoms with Gasteiger partial charge < -0.3 is 5.32 Å². The highest BCUT2D eigenvalue weighted by molar-refractivity contribution is 6.35. The largest absolute Gasteiger partial charge is 0.349 e. The molecule has 3 nitrogen and oxygen atoms in total. The van der Waals surface area contributed by atoms with Crippen LogP contribution in [0, 0.1) is 6.92 Å². The van der Waals surface area contributed by atoms with Crippen LogP contribution >= 0.6 is 11.6 Å². The summed E-state index contributed by atoms with van der Waals surface area (Å²) >= 11 is 6.13. The van der Waals surface area contributed by atoms with E-state index in [9.17, 15) is 4.79 Å². The number of hydrogen-bond donors (Lipinski definition) is 1. The highest BCUT2D eigenvalue weighted by atomic mass is 35.5. The number of aryl methyl sites for hydroxylation is 1. The number of pyridine rings is 1. The number of carbonyl (C=O) groups is 1. The number of rotatable bonds is 2. The second kappa shape index (κ2) is 4.25. The zero-order valence-corrected chi connectivity index (χ0v) is 10.8. The molecule has 0 bridgehead atoms. The van der Waals surface area contributed by atoms with Gasteiger partial charge in [0.05, 0.1) is 16.1 Å². The molecule has 3 rings (SSSR count). The third kappa shape index (κ3) is 2.06. The van der Waals surface area contributed by atoms with E-state index < -0.39 is 0 Å². The molecule has 1 aliphatic carbocycles. The average Bonchev–Trinajstić information content (AvgIpc) is 3.13. The molecule has 0 saturated heterocycles. The van der Waals surface area contributed by atoms with Crippen LogP contribution in [0.3, 0.4) is 0 Å². The van der Waals surface area contributed by atoms with Crippen LogP contribution in [0.2, 0.25) is 5.02 Å². The number of halogens is 1. The summed E-state index contributed by atoms with van der Waals surface area (Å²) in [5.41, 5.74) is 2.16. The maximum Gasteiger partial charge on any atom is 0.252 e. The molecule has 1 fully saturated rings. The minimum absolute atomic E-state index is 0.0322. The molecule has 2 aromatic rings. The van der Waals surface area contributed by atoms with Crippen LogP contribution in [0.25, 0.3) is 10.9 Å². The molecule has 1 aromatic heterocycles. The van der Waals surface area contributed by atoms with Crippen LogP contribution < -0.4 is 5.32 Å². The van der Waals surface area contributed by atoms with Gasteiger partial charge in [0.1, 0.15) is 0 Å². The van der Waals surface area contributed by atoms with Gasteiger partial charge in [-0.1, -0.05) is 23.7 Å². The number of amides is 1. The fourth-order valence-corrected chi connectivity index (χ4v) is 2.24. The van der Waals surface area contributed by atoms with Gasteiger partial charge in [-0.15, -0.1) is 0 Å². The molecule has 0 atom stereocenters. The third-order valence-corrected chi connectivity index (χ3v) is 3.38. The molecule has 92 valence electrons. The van der Waals surface area contributed by atoms with Crippen molar-refractivity contribution in [2.24, 2.45) is 0 Å². The van der Waals surface area contributed by atoms with Gasteiger partial charge in [-0.05, 0) is 31.9 Å². The molecule has 1 aromatic carbocycles. The number of carbonyl (C=O) groups excluding carboxylic acids is 1. The lowest BCUT2D eigenvalue weighted by Crippen LogP contribution is -2.25. The molecule has 4 heteroatoms. The van der Waals surface area contributed by atoms with E-state index in [0.717, 1.165) is 23.9 Å². The molecular weight excluding hydrogens is 248 g/mol. The lowest BCUT2D eigenvalue weighted by Gasteiger charge is -2.09. The Hall–Kier alpha value is -1.61. The van der Waals surface area contributed by atoms with Crippen LogP contribution in [0.1, 0.15) is 28.9 Å². The van der Waals surface area contributed by atoms with Crippen molar-refractivity contribution in [1.29, 1.82) is 0 Å². The monoisotopic (exact) mass is 260 g/mol. The van der Waals surface area contributed by atoms with E-state index in [-0.39, 0.29) is 5.91 Å². The summed E-state index contributed by atoms with van der Waals surface area (Å²) in [6, 6.07) is 7.68. The van der Waals surface area contributed by atoms with Crippen molar-refractivity contribution < 1.29 is 4.79 Å². The Bertz CT molecular complexity index is 635. The van der Waals surface area contributed by atoms with E-state index in [1.165, 1.54) is 0 Å². The van der Waals surface area contributed by atoms with Crippen LogP contribution in [0.4, 0.5) is 0 Å². The smallest absolute Gasteiger partial charge is 0.252 e. The number of benzene rings is 1. The minimum atomic E-state index is -0.0322. The SMILES string of the molecule is Cc1cc(C(=O)NC2CC2)c2cccc(Cl)c2n1. The number of hydrogen-bond acceptors (Lipinski definition) is 2. The van der Waals surface area contributed by atoms with Gasteiger partial charge in [0, 0.05) is 17.1 Å². The summed E-state index contributed by atoms with van der Waals surface area (Å²) in [5, 5.41) is 4.39. The fourth-order valence-electron chi connectivity index (χ4n) is 2.02. The Balaban J connectivity index is 2.14. The predicted molar refractivity (Wildman–Crippen MR) is 72.0 cm³/mol. The first-order chi connectivity index (χ1) is 8.65. The molecule has 0 unspecified atom stereocenters. The average molecular weight is 261 g/mol. The first kappa shape index (κ1) is 11.5. The van der Waals surface area contributed by atoms with Crippen LogP contribution in [-0.2, 0) is 0 Å². The van der Waals surface area contributed by atoms with Crippen molar-refractivity contribution in [2.45, 2.75) is 25.8 Å². The Morgan fingerprint density at radius 3 is 2.94 bits per heavy atom. The van der Waals surface area contributed by atoms with E-state index >= 15 is 0 Å². The van der Waals surface area contributed by atoms with Crippen molar-refractivity contribution in [1.82, 2.24) is 10.3 Å². The van der Waals surface area contributed by atoms with Crippen LogP contribution in [-0.4, -0.2) is 16.9 Å². The summed E-state index contributed by atoms with van der Waals surface area (Å²) in [4.78, 5) is 16.6. The Morgan fingerprint density at radius 1 is 1.44 bits per heavy atom. The number of nitrogens with one attached hydrogen (secondary N) is 1. The zero-order chi connectivity index (χ0) is 12.7. The second-order valence-corrected chi connectivity index (χ2v) is 5.10. The minimum Gasteiger partial charge on any atom is -0.349 e. The van der Waals surface area contributed by atoms with E-state index in [2.05, 4.69) is 10.3 Å². The first-order valence-electron chi connectivity index (χ1n) is 6.02.